The fourth-order valence-electron chi connectivity index (χ4n) is 3.94. The average molecular weight is 322 g/mol. The molecule has 1 aromatic carbocycles. The molecule has 2 bridgehead atoms. The number of likely N-dealkylation sites (tertiary alicyclic amines) is 1. The Kier molecular flexibility index (Phi) is 2.92. The molecule has 5 heteroatoms. The highest BCUT2D eigenvalue weighted by molar-refractivity contribution is 6.42. The van der Waals surface area contributed by atoms with Crippen LogP contribution in [0.2, 0.25) is 10.0 Å². The second kappa shape index (κ2) is 4.59. The van der Waals surface area contributed by atoms with E-state index >= 15 is 0 Å². The molecule has 21 heavy (non-hydrogen) atoms. The van der Waals surface area contributed by atoms with Crippen LogP contribution in [0, 0.1) is 23.7 Å². The Bertz CT molecular complexity index is 655. The molecule has 1 aromatic rings. The van der Waals surface area contributed by atoms with Crippen LogP contribution in [0.1, 0.15) is 12.0 Å². The summed E-state index contributed by atoms with van der Waals surface area (Å²) in [5.74, 6) is 0.136. The third-order valence-electron chi connectivity index (χ3n) is 4.89. The molecule has 0 N–H and O–H groups in total. The Balaban J connectivity index is 1.61. The molecule has 0 radical (unpaired) electrons. The van der Waals surface area contributed by atoms with E-state index in [-0.39, 0.29) is 42.0 Å². The lowest BCUT2D eigenvalue weighted by molar-refractivity contribution is -0.141. The average Bonchev–Trinajstić information content (AvgIpc) is 3.12. The number of nitrogens with zero attached hydrogens (tertiary/aromatic N) is 1. The highest BCUT2D eigenvalue weighted by Crippen LogP contribution is 2.52. The molecule has 2 amide bonds. The van der Waals surface area contributed by atoms with Crippen LogP contribution in [0.4, 0.5) is 0 Å². The van der Waals surface area contributed by atoms with E-state index in [1.165, 1.54) is 4.90 Å². The van der Waals surface area contributed by atoms with Crippen molar-refractivity contribution in [1.82, 2.24) is 4.90 Å². The van der Waals surface area contributed by atoms with Gasteiger partial charge >= 0.3 is 0 Å². The largest absolute Gasteiger partial charge is 0.278 e. The Morgan fingerprint density at radius 3 is 2.19 bits per heavy atom. The molecule has 0 aromatic heterocycles. The van der Waals surface area contributed by atoms with Crippen LogP contribution in [0.15, 0.2) is 30.4 Å². The van der Waals surface area contributed by atoms with E-state index in [1.807, 2.05) is 0 Å². The molecule has 1 saturated heterocycles. The fourth-order valence-corrected chi connectivity index (χ4v) is 4.26. The summed E-state index contributed by atoms with van der Waals surface area (Å²) in [4.78, 5) is 26.5. The zero-order chi connectivity index (χ0) is 14.7. The maximum absolute atomic E-state index is 12.6. The Labute approximate surface area is 132 Å². The van der Waals surface area contributed by atoms with E-state index < -0.39 is 0 Å². The molecule has 1 aliphatic heterocycles. The predicted molar refractivity (Wildman–Crippen MR) is 79.7 cm³/mol. The summed E-state index contributed by atoms with van der Waals surface area (Å²) in [5, 5.41) is 0.911. The van der Waals surface area contributed by atoms with Crippen molar-refractivity contribution in [2.45, 2.75) is 13.0 Å². The highest BCUT2D eigenvalue weighted by Gasteiger charge is 2.59. The molecule has 2 aliphatic carbocycles. The van der Waals surface area contributed by atoms with Crippen LogP contribution in [-0.2, 0) is 16.1 Å². The molecular formula is C16H13Cl2NO2. The summed E-state index contributed by atoms with van der Waals surface area (Å²) in [6.07, 6.45) is 5.15. The lowest BCUT2D eigenvalue weighted by Crippen LogP contribution is -2.32. The third-order valence-corrected chi connectivity index (χ3v) is 5.63. The van der Waals surface area contributed by atoms with Crippen LogP contribution in [0.25, 0.3) is 0 Å². The second-order valence-electron chi connectivity index (χ2n) is 6.01. The van der Waals surface area contributed by atoms with Crippen molar-refractivity contribution >= 4 is 35.0 Å². The van der Waals surface area contributed by atoms with Gasteiger partial charge in [0.2, 0.25) is 11.8 Å². The minimum atomic E-state index is -0.143. The third kappa shape index (κ3) is 1.87. The molecule has 0 unspecified atom stereocenters. The molecule has 108 valence electrons. The quantitative estimate of drug-likeness (QED) is 0.619. The lowest BCUT2D eigenvalue weighted by atomic mass is 9.85. The number of hydrogen-bond acceptors (Lipinski definition) is 2. The number of imide groups is 1. The zero-order valence-electron chi connectivity index (χ0n) is 11.1. The van der Waals surface area contributed by atoms with Gasteiger partial charge in [0.05, 0.1) is 28.4 Å². The number of halogens is 2. The summed E-state index contributed by atoms with van der Waals surface area (Å²) in [6, 6.07) is 5.21. The van der Waals surface area contributed by atoms with E-state index in [1.54, 1.807) is 18.2 Å². The Morgan fingerprint density at radius 2 is 1.62 bits per heavy atom. The smallest absolute Gasteiger partial charge is 0.234 e. The minimum Gasteiger partial charge on any atom is -0.278 e. The van der Waals surface area contributed by atoms with Crippen molar-refractivity contribution in [3.05, 3.63) is 46.0 Å². The number of rotatable bonds is 2. The summed E-state index contributed by atoms with van der Waals surface area (Å²) in [5.41, 5.74) is 0.825. The summed E-state index contributed by atoms with van der Waals surface area (Å²) < 4.78 is 0. The first-order valence-corrected chi connectivity index (χ1v) is 7.79. The van der Waals surface area contributed by atoms with Gasteiger partial charge in [-0.15, -0.1) is 0 Å². The molecule has 3 aliphatic rings. The number of fused-ring (bicyclic) bond motifs is 5. The highest BCUT2D eigenvalue weighted by atomic mass is 35.5. The number of amides is 2. The molecule has 2 fully saturated rings. The van der Waals surface area contributed by atoms with Crippen molar-refractivity contribution in [3.8, 4) is 0 Å². The molecule has 1 heterocycles. The van der Waals surface area contributed by atoms with Crippen LogP contribution in [0.5, 0.6) is 0 Å². The molecule has 4 rings (SSSR count). The standard InChI is InChI=1S/C16H13Cl2NO2/c17-11-4-1-8(5-12(11)18)7-19-15(20)13-9-2-3-10(6-9)14(13)16(19)21/h1-5,9-10,13-14H,6-7H2/t9-,10-,13-,14+/m0/s1. The van der Waals surface area contributed by atoms with Gasteiger partial charge in [-0.2, -0.15) is 0 Å². The van der Waals surface area contributed by atoms with E-state index in [0.717, 1.165) is 12.0 Å². The maximum Gasteiger partial charge on any atom is 0.234 e. The topological polar surface area (TPSA) is 37.4 Å². The first-order chi connectivity index (χ1) is 10.1. The van der Waals surface area contributed by atoms with E-state index in [4.69, 9.17) is 23.2 Å². The first-order valence-electron chi connectivity index (χ1n) is 7.04. The fraction of sp³-hybridized carbons (Fsp3) is 0.375. The van der Waals surface area contributed by atoms with Crippen LogP contribution in [0.3, 0.4) is 0 Å². The van der Waals surface area contributed by atoms with Crippen molar-refractivity contribution in [2.24, 2.45) is 23.7 Å². The van der Waals surface area contributed by atoms with E-state index in [9.17, 15) is 9.59 Å². The second-order valence-corrected chi connectivity index (χ2v) is 6.83. The normalized spacial score (nSPS) is 33.1. The van der Waals surface area contributed by atoms with Gasteiger partial charge in [-0.05, 0) is 36.0 Å². The van der Waals surface area contributed by atoms with Crippen molar-refractivity contribution < 1.29 is 9.59 Å². The van der Waals surface area contributed by atoms with Crippen molar-refractivity contribution in [2.75, 3.05) is 0 Å². The molecule has 0 spiro atoms. The number of carbonyl (C=O) groups is 2. The van der Waals surface area contributed by atoms with Gasteiger partial charge in [-0.3, -0.25) is 14.5 Å². The van der Waals surface area contributed by atoms with Gasteiger partial charge in [0.25, 0.3) is 0 Å². The summed E-state index contributed by atoms with van der Waals surface area (Å²) in [6.45, 7) is 0.279. The lowest BCUT2D eigenvalue weighted by Gasteiger charge is -2.17. The molecule has 4 atom stereocenters. The molecule has 3 nitrogen and oxygen atoms in total. The van der Waals surface area contributed by atoms with Gasteiger partial charge in [-0.1, -0.05) is 41.4 Å². The summed E-state index contributed by atoms with van der Waals surface area (Å²) in [7, 11) is 0. The predicted octanol–water partition coefficient (Wildman–Crippen LogP) is 3.30. The van der Waals surface area contributed by atoms with Gasteiger partial charge < -0.3 is 0 Å². The first kappa shape index (κ1) is 13.4. The minimum absolute atomic E-state index is 0.0343. The zero-order valence-corrected chi connectivity index (χ0v) is 12.6. The Hall–Kier alpha value is -1.32. The number of benzene rings is 1. The van der Waals surface area contributed by atoms with Crippen LogP contribution < -0.4 is 0 Å². The molecular weight excluding hydrogens is 309 g/mol. The van der Waals surface area contributed by atoms with E-state index in [2.05, 4.69) is 12.2 Å². The van der Waals surface area contributed by atoms with Crippen LogP contribution in [-0.4, -0.2) is 16.7 Å². The van der Waals surface area contributed by atoms with Crippen molar-refractivity contribution in [3.63, 3.8) is 0 Å². The van der Waals surface area contributed by atoms with Crippen LogP contribution >= 0.6 is 23.2 Å². The number of hydrogen-bond donors (Lipinski definition) is 0. The number of allylic oxidation sites excluding steroid dienone is 2. The van der Waals surface area contributed by atoms with Crippen molar-refractivity contribution in [1.29, 1.82) is 0 Å². The summed E-state index contributed by atoms with van der Waals surface area (Å²) >= 11 is 11.9. The van der Waals surface area contributed by atoms with E-state index in [0.29, 0.717) is 10.0 Å². The van der Waals surface area contributed by atoms with Gasteiger partial charge in [0.15, 0.2) is 0 Å². The maximum atomic E-state index is 12.6. The van der Waals surface area contributed by atoms with Gasteiger partial charge in [-0.25, -0.2) is 0 Å². The monoisotopic (exact) mass is 321 g/mol. The van der Waals surface area contributed by atoms with Gasteiger partial charge in [0, 0.05) is 0 Å². The molecule has 1 saturated carbocycles. The Morgan fingerprint density at radius 1 is 1.00 bits per heavy atom. The van der Waals surface area contributed by atoms with Gasteiger partial charge in [0.1, 0.15) is 0 Å². The number of carbonyl (C=O) groups excluding carboxylic acids is 2. The SMILES string of the molecule is O=C1[C@@H]2[C@H](C(=O)N1Cc1ccc(Cl)c(Cl)c1)[C@H]1C=C[C@H]2C1.